The summed E-state index contributed by atoms with van der Waals surface area (Å²) in [6.07, 6.45) is 2.33. The van der Waals surface area contributed by atoms with E-state index < -0.39 is 5.97 Å². The Morgan fingerprint density at radius 2 is 2.53 bits per heavy atom. The summed E-state index contributed by atoms with van der Waals surface area (Å²) >= 11 is 1.28. The first-order valence-corrected chi connectivity index (χ1v) is 6.73. The fraction of sp³-hybridized carbons (Fsp3) is 0.583. The molecule has 1 unspecified atom stereocenters. The van der Waals surface area contributed by atoms with Gasteiger partial charge < -0.3 is 15.2 Å². The molecule has 2 heterocycles. The zero-order valence-electron chi connectivity index (χ0n) is 9.65. The van der Waals surface area contributed by atoms with Crippen LogP contribution in [0.3, 0.4) is 0 Å². The second-order valence-corrected chi connectivity index (χ2v) is 5.21. The van der Waals surface area contributed by atoms with Crippen molar-refractivity contribution in [2.75, 3.05) is 19.8 Å². The van der Waals surface area contributed by atoms with Gasteiger partial charge in [0, 0.05) is 19.7 Å². The molecule has 1 saturated heterocycles. The van der Waals surface area contributed by atoms with Gasteiger partial charge in [-0.05, 0) is 35.8 Å². The van der Waals surface area contributed by atoms with Crippen LogP contribution >= 0.6 is 11.3 Å². The third kappa shape index (κ3) is 3.52. The van der Waals surface area contributed by atoms with Crippen molar-refractivity contribution >= 4 is 17.3 Å². The molecule has 2 rings (SSSR count). The number of ether oxygens (including phenoxy) is 1. The molecule has 4 nitrogen and oxygen atoms in total. The van der Waals surface area contributed by atoms with Gasteiger partial charge >= 0.3 is 5.97 Å². The average molecular weight is 255 g/mol. The maximum absolute atomic E-state index is 10.9. The van der Waals surface area contributed by atoms with Gasteiger partial charge in [-0.3, -0.25) is 0 Å². The highest BCUT2D eigenvalue weighted by atomic mass is 32.1. The summed E-state index contributed by atoms with van der Waals surface area (Å²) in [6.45, 7) is 3.23. The Bertz CT molecular complexity index is 372. The number of nitrogens with one attached hydrogen (secondary N) is 1. The molecular weight excluding hydrogens is 238 g/mol. The van der Waals surface area contributed by atoms with Gasteiger partial charge in [-0.15, -0.1) is 11.3 Å². The second-order valence-electron chi connectivity index (χ2n) is 4.29. The summed E-state index contributed by atoms with van der Waals surface area (Å²) in [5.41, 5.74) is 0.874. The molecule has 1 aromatic heterocycles. The smallest absolute Gasteiger partial charge is 0.346 e. The molecular formula is C12H17NO3S. The maximum atomic E-state index is 10.9. The normalized spacial score (nSPS) is 20.4. The third-order valence-corrected chi connectivity index (χ3v) is 3.89. The largest absolute Gasteiger partial charge is 0.477 e. The molecule has 17 heavy (non-hydrogen) atoms. The number of aromatic carboxylic acids is 1. The van der Waals surface area contributed by atoms with Crippen molar-refractivity contribution in [1.82, 2.24) is 5.32 Å². The number of rotatable bonds is 5. The van der Waals surface area contributed by atoms with Gasteiger partial charge in [0.2, 0.25) is 0 Å². The van der Waals surface area contributed by atoms with Crippen molar-refractivity contribution in [3.05, 3.63) is 21.9 Å². The Balaban J connectivity index is 1.77. The first-order chi connectivity index (χ1) is 8.27. The van der Waals surface area contributed by atoms with E-state index in [9.17, 15) is 4.79 Å². The van der Waals surface area contributed by atoms with Crippen LogP contribution in [0.4, 0.5) is 0 Å². The van der Waals surface area contributed by atoms with E-state index in [2.05, 4.69) is 5.32 Å². The Hall–Kier alpha value is -0.910. The Morgan fingerprint density at radius 3 is 3.24 bits per heavy atom. The van der Waals surface area contributed by atoms with Crippen LogP contribution in [0.2, 0.25) is 0 Å². The van der Waals surface area contributed by atoms with E-state index in [1.165, 1.54) is 17.8 Å². The van der Waals surface area contributed by atoms with Crippen LogP contribution in [0.1, 0.15) is 28.1 Å². The molecule has 0 bridgehead atoms. The number of thiophene rings is 1. The van der Waals surface area contributed by atoms with E-state index in [1.54, 1.807) is 0 Å². The standard InChI is InChI=1S/C12H17NO3S/c14-12(15)11-10(3-5-17-11)7-13-6-9-2-1-4-16-8-9/h3,5,9,13H,1-2,4,6-8H2,(H,14,15). The quantitative estimate of drug-likeness (QED) is 0.844. The maximum Gasteiger partial charge on any atom is 0.346 e. The molecule has 1 fully saturated rings. The summed E-state index contributed by atoms with van der Waals surface area (Å²) < 4.78 is 5.40. The highest BCUT2D eigenvalue weighted by Crippen LogP contribution is 2.17. The van der Waals surface area contributed by atoms with Crippen LogP contribution in [0.5, 0.6) is 0 Å². The van der Waals surface area contributed by atoms with E-state index in [0.29, 0.717) is 17.3 Å². The van der Waals surface area contributed by atoms with Crippen LogP contribution < -0.4 is 5.32 Å². The molecule has 5 heteroatoms. The molecule has 2 N–H and O–H groups in total. The predicted molar refractivity (Wildman–Crippen MR) is 66.5 cm³/mol. The molecule has 0 saturated carbocycles. The van der Waals surface area contributed by atoms with E-state index in [1.807, 2.05) is 11.4 Å². The summed E-state index contributed by atoms with van der Waals surface area (Å²) in [7, 11) is 0. The predicted octanol–water partition coefficient (Wildman–Crippen LogP) is 1.96. The molecule has 0 radical (unpaired) electrons. The van der Waals surface area contributed by atoms with Crippen molar-refractivity contribution < 1.29 is 14.6 Å². The van der Waals surface area contributed by atoms with Crippen LogP contribution in [-0.4, -0.2) is 30.8 Å². The second kappa shape index (κ2) is 6.14. The lowest BCUT2D eigenvalue weighted by atomic mass is 10.0. The lowest BCUT2D eigenvalue weighted by Gasteiger charge is -2.22. The lowest BCUT2D eigenvalue weighted by Crippen LogP contribution is -2.29. The van der Waals surface area contributed by atoms with E-state index in [0.717, 1.165) is 31.7 Å². The summed E-state index contributed by atoms with van der Waals surface area (Å²) in [5.74, 6) is -0.270. The van der Waals surface area contributed by atoms with Crippen LogP contribution in [-0.2, 0) is 11.3 Å². The van der Waals surface area contributed by atoms with Gasteiger partial charge in [-0.2, -0.15) is 0 Å². The van der Waals surface area contributed by atoms with Crippen molar-refractivity contribution in [2.24, 2.45) is 5.92 Å². The number of carbonyl (C=O) groups is 1. The molecule has 1 atom stereocenters. The third-order valence-electron chi connectivity index (χ3n) is 2.94. The number of carboxylic acid groups (broad SMARTS) is 1. The van der Waals surface area contributed by atoms with Crippen LogP contribution in [0.25, 0.3) is 0 Å². The minimum atomic E-state index is -0.835. The number of hydrogen-bond acceptors (Lipinski definition) is 4. The van der Waals surface area contributed by atoms with Crippen LogP contribution in [0.15, 0.2) is 11.4 Å². The zero-order valence-corrected chi connectivity index (χ0v) is 10.5. The highest BCUT2D eigenvalue weighted by Gasteiger charge is 2.15. The SMILES string of the molecule is O=C(O)c1sccc1CNCC1CCCOC1. The van der Waals surface area contributed by atoms with Gasteiger partial charge in [0.25, 0.3) is 0 Å². The zero-order chi connectivity index (χ0) is 12.1. The first kappa shape index (κ1) is 12.5. The molecule has 1 aromatic rings. The highest BCUT2D eigenvalue weighted by molar-refractivity contribution is 7.12. The molecule has 1 aliphatic rings. The fourth-order valence-corrected chi connectivity index (χ4v) is 2.80. The first-order valence-electron chi connectivity index (χ1n) is 5.85. The molecule has 94 valence electrons. The van der Waals surface area contributed by atoms with Crippen molar-refractivity contribution in [3.8, 4) is 0 Å². The van der Waals surface area contributed by atoms with Crippen molar-refractivity contribution in [3.63, 3.8) is 0 Å². The van der Waals surface area contributed by atoms with Gasteiger partial charge in [0.15, 0.2) is 0 Å². The molecule has 1 aliphatic heterocycles. The summed E-state index contributed by atoms with van der Waals surface area (Å²) in [5, 5.41) is 14.1. The Kier molecular flexibility index (Phi) is 4.53. The average Bonchev–Trinajstić information content (AvgIpc) is 2.79. The molecule has 0 amide bonds. The number of carboxylic acids is 1. The molecule has 0 aromatic carbocycles. The summed E-state index contributed by atoms with van der Waals surface area (Å²) in [4.78, 5) is 11.4. The molecule has 0 spiro atoms. The van der Waals surface area contributed by atoms with Crippen LogP contribution in [0, 0.1) is 5.92 Å². The van der Waals surface area contributed by atoms with E-state index >= 15 is 0 Å². The van der Waals surface area contributed by atoms with Gasteiger partial charge in [-0.1, -0.05) is 0 Å². The fourth-order valence-electron chi connectivity index (χ4n) is 2.04. The topological polar surface area (TPSA) is 58.6 Å². The Labute approximate surface area is 105 Å². The Morgan fingerprint density at radius 1 is 1.65 bits per heavy atom. The number of hydrogen-bond donors (Lipinski definition) is 2. The minimum absolute atomic E-state index is 0.442. The summed E-state index contributed by atoms with van der Waals surface area (Å²) in [6, 6.07) is 1.87. The van der Waals surface area contributed by atoms with E-state index in [-0.39, 0.29) is 0 Å². The monoisotopic (exact) mass is 255 g/mol. The van der Waals surface area contributed by atoms with E-state index in [4.69, 9.17) is 9.84 Å². The van der Waals surface area contributed by atoms with Crippen molar-refractivity contribution in [1.29, 1.82) is 0 Å². The minimum Gasteiger partial charge on any atom is -0.477 e. The lowest BCUT2D eigenvalue weighted by molar-refractivity contribution is 0.0547. The van der Waals surface area contributed by atoms with Gasteiger partial charge in [0.05, 0.1) is 6.61 Å². The van der Waals surface area contributed by atoms with Gasteiger partial charge in [0.1, 0.15) is 4.88 Å². The molecule has 0 aliphatic carbocycles. The van der Waals surface area contributed by atoms with Gasteiger partial charge in [-0.25, -0.2) is 4.79 Å². The van der Waals surface area contributed by atoms with Crippen molar-refractivity contribution in [2.45, 2.75) is 19.4 Å².